The van der Waals surface area contributed by atoms with Crippen molar-refractivity contribution >= 4 is 11.5 Å². The molecule has 0 spiro atoms. The highest BCUT2D eigenvalue weighted by molar-refractivity contribution is 5.87. The number of nitrogens with zero attached hydrogens (tertiary/aromatic N) is 1. The van der Waals surface area contributed by atoms with Crippen LogP contribution < -0.4 is 4.90 Å². The highest BCUT2D eigenvalue weighted by Crippen LogP contribution is 2.21. The Balaban J connectivity index is 2.27. The van der Waals surface area contributed by atoms with E-state index in [4.69, 9.17) is 0 Å². The first-order valence-corrected chi connectivity index (χ1v) is 5.00. The minimum Gasteiger partial charge on any atom is -0.364 e. The van der Waals surface area contributed by atoms with Crippen LogP contribution in [0.15, 0.2) is 18.2 Å². The van der Waals surface area contributed by atoms with E-state index < -0.39 is 0 Å². The van der Waals surface area contributed by atoms with Gasteiger partial charge in [-0.1, -0.05) is 6.07 Å². The van der Waals surface area contributed by atoms with Crippen molar-refractivity contribution in [2.24, 2.45) is 0 Å². The second kappa shape index (κ2) is 3.45. The lowest BCUT2D eigenvalue weighted by Gasteiger charge is -2.17. The van der Waals surface area contributed by atoms with Crippen LogP contribution in [0.1, 0.15) is 17.5 Å². The van der Waals surface area contributed by atoms with E-state index in [2.05, 4.69) is 36.9 Å². The molecule has 0 unspecified atom stereocenters. The average molecular weight is 189 g/mol. The van der Waals surface area contributed by atoms with E-state index in [1.165, 1.54) is 16.8 Å². The van der Waals surface area contributed by atoms with E-state index in [1.54, 1.807) is 0 Å². The van der Waals surface area contributed by atoms with Gasteiger partial charge in [-0.2, -0.15) is 0 Å². The Bertz CT molecular complexity index is 350. The van der Waals surface area contributed by atoms with Gasteiger partial charge in [0, 0.05) is 18.7 Å². The fourth-order valence-electron chi connectivity index (χ4n) is 1.98. The van der Waals surface area contributed by atoms with Gasteiger partial charge in [0.25, 0.3) is 0 Å². The van der Waals surface area contributed by atoms with Gasteiger partial charge in [-0.05, 0) is 37.1 Å². The number of hydrogen-bond donors (Lipinski definition) is 0. The van der Waals surface area contributed by atoms with Gasteiger partial charge in [0.05, 0.1) is 6.54 Å². The number of rotatable bonds is 1. The Morgan fingerprint density at radius 1 is 1.14 bits per heavy atom. The molecule has 0 amide bonds. The predicted molar refractivity (Wildman–Crippen MR) is 57.8 cm³/mol. The number of ketones is 1. The Morgan fingerprint density at radius 2 is 1.79 bits per heavy atom. The Labute approximate surface area is 84.5 Å². The summed E-state index contributed by atoms with van der Waals surface area (Å²) < 4.78 is 0. The van der Waals surface area contributed by atoms with Gasteiger partial charge in [-0.25, -0.2) is 0 Å². The molecule has 0 bridgehead atoms. The van der Waals surface area contributed by atoms with Crippen LogP contribution in [0.5, 0.6) is 0 Å². The molecule has 0 aromatic heterocycles. The predicted octanol–water partition coefficient (Wildman–Crippen LogP) is 2.08. The van der Waals surface area contributed by atoms with Crippen LogP contribution in [0.2, 0.25) is 0 Å². The summed E-state index contributed by atoms with van der Waals surface area (Å²) in [6, 6.07) is 6.44. The fraction of sp³-hybridized carbons (Fsp3) is 0.417. The van der Waals surface area contributed by atoms with Gasteiger partial charge in [0.15, 0.2) is 5.78 Å². The number of Topliss-reactive ketones (excluding diaryl/α,β-unsaturated/α-hetero) is 1. The molecule has 2 rings (SSSR count). The number of benzene rings is 1. The van der Waals surface area contributed by atoms with Crippen LogP contribution in [0.3, 0.4) is 0 Å². The normalized spacial score (nSPS) is 16.4. The lowest BCUT2D eigenvalue weighted by Crippen LogP contribution is -2.19. The zero-order chi connectivity index (χ0) is 10.1. The van der Waals surface area contributed by atoms with Gasteiger partial charge >= 0.3 is 0 Å². The number of carbonyl (C=O) groups excluding carboxylic acids is 1. The van der Waals surface area contributed by atoms with Crippen molar-refractivity contribution in [3.63, 3.8) is 0 Å². The molecule has 2 heteroatoms. The summed E-state index contributed by atoms with van der Waals surface area (Å²) in [6.45, 7) is 5.65. The molecule has 1 saturated heterocycles. The number of aryl methyl sites for hydroxylation is 2. The van der Waals surface area contributed by atoms with Crippen molar-refractivity contribution < 1.29 is 4.79 Å². The molecule has 0 saturated carbocycles. The summed E-state index contributed by atoms with van der Waals surface area (Å²) in [5, 5.41) is 0. The van der Waals surface area contributed by atoms with Gasteiger partial charge in [0.1, 0.15) is 0 Å². The van der Waals surface area contributed by atoms with Gasteiger partial charge in [-0.3, -0.25) is 4.79 Å². The summed E-state index contributed by atoms with van der Waals surface area (Å²) in [4.78, 5) is 13.3. The second-order valence-electron chi connectivity index (χ2n) is 4.06. The maximum Gasteiger partial charge on any atom is 0.153 e. The van der Waals surface area contributed by atoms with Crippen molar-refractivity contribution in [2.45, 2.75) is 20.3 Å². The van der Waals surface area contributed by atoms with Crippen molar-refractivity contribution in [3.05, 3.63) is 29.3 Å². The lowest BCUT2D eigenvalue weighted by molar-refractivity contribution is -0.116. The maximum absolute atomic E-state index is 11.2. The second-order valence-corrected chi connectivity index (χ2v) is 4.06. The largest absolute Gasteiger partial charge is 0.364 e. The summed E-state index contributed by atoms with van der Waals surface area (Å²) in [7, 11) is 0. The molecule has 14 heavy (non-hydrogen) atoms. The van der Waals surface area contributed by atoms with E-state index in [0.29, 0.717) is 18.7 Å². The maximum atomic E-state index is 11.2. The van der Waals surface area contributed by atoms with Crippen molar-refractivity contribution in [2.75, 3.05) is 18.0 Å². The highest BCUT2D eigenvalue weighted by atomic mass is 16.1. The standard InChI is InChI=1S/C12H15NO/c1-9-5-10(2)7-11(6-9)13-4-3-12(14)8-13/h5-7H,3-4,8H2,1-2H3. The Morgan fingerprint density at radius 3 is 2.29 bits per heavy atom. The summed E-state index contributed by atoms with van der Waals surface area (Å²) in [5.74, 6) is 0.351. The van der Waals surface area contributed by atoms with Gasteiger partial charge < -0.3 is 4.90 Å². The fourth-order valence-corrected chi connectivity index (χ4v) is 1.98. The van der Waals surface area contributed by atoms with E-state index >= 15 is 0 Å². The molecular weight excluding hydrogens is 174 g/mol. The summed E-state index contributed by atoms with van der Waals surface area (Å²) in [5.41, 5.74) is 3.71. The van der Waals surface area contributed by atoms with Crippen LogP contribution in [-0.4, -0.2) is 18.9 Å². The minimum absolute atomic E-state index is 0.351. The van der Waals surface area contributed by atoms with Crippen LogP contribution in [-0.2, 0) is 4.79 Å². The summed E-state index contributed by atoms with van der Waals surface area (Å²) >= 11 is 0. The third-order valence-electron chi connectivity index (χ3n) is 2.60. The van der Waals surface area contributed by atoms with Crippen LogP contribution in [0, 0.1) is 13.8 Å². The van der Waals surface area contributed by atoms with Crippen LogP contribution in [0.25, 0.3) is 0 Å². The molecule has 0 aliphatic carbocycles. The van der Waals surface area contributed by atoms with Crippen molar-refractivity contribution in [1.29, 1.82) is 0 Å². The number of hydrogen-bond acceptors (Lipinski definition) is 2. The van der Waals surface area contributed by atoms with Crippen LogP contribution in [0.4, 0.5) is 5.69 Å². The average Bonchev–Trinajstić information content (AvgIpc) is 2.50. The van der Waals surface area contributed by atoms with Crippen molar-refractivity contribution in [3.8, 4) is 0 Å². The quantitative estimate of drug-likeness (QED) is 0.674. The zero-order valence-corrected chi connectivity index (χ0v) is 8.71. The number of anilines is 1. The van der Waals surface area contributed by atoms with E-state index in [-0.39, 0.29) is 0 Å². The van der Waals surface area contributed by atoms with E-state index in [0.717, 1.165) is 6.54 Å². The summed E-state index contributed by atoms with van der Waals surface area (Å²) in [6.07, 6.45) is 0.701. The number of carbonyl (C=O) groups is 1. The molecule has 1 aromatic rings. The molecule has 1 aliphatic rings. The molecule has 74 valence electrons. The third-order valence-corrected chi connectivity index (χ3v) is 2.60. The third kappa shape index (κ3) is 1.79. The molecule has 0 radical (unpaired) electrons. The first-order chi connectivity index (χ1) is 6.65. The molecule has 0 N–H and O–H groups in total. The topological polar surface area (TPSA) is 20.3 Å². The van der Waals surface area contributed by atoms with Gasteiger partial charge in [0.2, 0.25) is 0 Å². The minimum atomic E-state index is 0.351. The Kier molecular flexibility index (Phi) is 2.28. The van der Waals surface area contributed by atoms with Crippen LogP contribution >= 0.6 is 0 Å². The SMILES string of the molecule is Cc1cc(C)cc(N2CCC(=O)C2)c1. The molecular formula is C12H15NO. The Hall–Kier alpha value is -1.31. The highest BCUT2D eigenvalue weighted by Gasteiger charge is 2.19. The molecule has 2 nitrogen and oxygen atoms in total. The van der Waals surface area contributed by atoms with E-state index in [9.17, 15) is 4.79 Å². The van der Waals surface area contributed by atoms with Gasteiger partial charge in [-0.15, -0.1) is 0 Å². The molecule has 1 aliphatic heterocycles. The molecule has 0 atom stereocenters. The first-order valence-electron chi connectivity index (χ1n) is 5.00. The molecule has 1 aromatic carbocycles. The lowest BCUT2D eigenvalue weighted by atomic mass is 10.1. The molecule has 1 heterocycles. The zero-order valence-electron chi connectivity index (χ0n) is 8.71. The smallest absolute Gasteiger partial charge is 0.153 e. The molecule has 1 fully saturated rings. The monoisotopic (exact) mass is 189 g/mol. The van der Waals surface area contributed by atoms with Crippen molar-refractivity contribution in [1.82, 2.24) is 0 Å². The van der Waals surface area contributed by atoms with E-state index in [1.807, 2.05) is 0 Å². The first kappa shape index (κ1) is 9.25.